The predicted molar refractivity (Wildman–Crippen MR) is 231 cm³/mol. The Labute approximate surface area is 347 Å². The average Bonchev–Trinajstić information content (AvgIpc) is 3.10. The van der Waals surface area contributed by atoms with Crippen molar-refractivity contribution in [2.24, 2.45) is 5.73 Å². The summed E-state index contributed by atoms with van der Waals surface area (Å²) in [5, 5.41) is 0.865. The van der Waals surface area contributed by atoms with E-state index in [1.807, 2.05) is 0 Å². The van der Waals surface area contributed by atoms with Gasteiger partial charge in [-0.3, -0.25) is 4.79 Å². The van der Waals surface area contributed by atoms with Crippen LogP contribution >= 0.6 is 55.1 Å². The Morgan fingerprint density at radius 3 is 1.30 bits per heavy atom. The number of nitrogens with two attached hydrogens (primary N) is 11. The highest BCUT2D eigenvalue weighted by atomic mass is 79.9. The third kappa shape index (κ3) is 16.0. The maximum Gasteiger partial charge on any atom is 0.418 e. The predicted octanol–water partition coefficient (Wildman–Crippen LogP) is 7.38. The van der Waals surface area contributed by atoms with E-state index < -0.39 is 23.6 Å². The van der Waals surface area contributed by atoms with Gasteiger partial charge >= 0.3 is 12.1 Å². The van der Waals surface area contributed by atoms with Crippen molar-refractivity contribution in [3.63, 3.8) is 0 Å². The summed E-state index contributed by atoms with van der Waals surface area (Å²) in [5.41, 5.74) is 62.5. The molecule has 0 radical (unpaired) electrons. The second kappa shape index (κ2) is 22.1. The number of halogens is 7. The van der Waals surface area contributed by atoms with Crippen LogP contribution in [0.3, 0.4) is 0 Å². The Morgan fingerprint density at radius 2 is 0.946 bits per heavy atom. The number of nitrogen functional groups attached to an aromatic ring is 10. The van der Waals surface area contributed by atoms with Crippen LogP contribution in [0.4, 0.5) is 70.0 Å². The molecule has 0 spiro atoms. The van der Waals surface area contributed by atoms with Gasteiger partial charge in [-0.1, -0.05) is 23.2 Å². The topological polar surface area (TPSA) is 330 Å². The van der Waals surface area contributed by atoms with Crippen molar-refractivity contribution in [1.82, 2.24) is 0 Å². The standard InChI is InChI=1S/C9H12N2O2.C7H7F3N2.C7H9N3O.C6H6Br2N2.C6H6Cl2N2/c1-2-13-9(12)7-5-6(10)3-4-8(7)11;8-7(9,10)5-3-4(11)1-2-6(5)12;8-4-1-2-6(9)5(3-4)7(10)11;2*7-3-1-5(9)4(8)2-6(3)10/h3-5H,2,10-11H2,1H3;1-3H,11-12H2;1-3H,8-9H2,(H2,10,11);2*1-2H,9-10H2. The molecule has 0 aliphatic heterocycles. The molecule has 0 bridgehead atoms. The van der Waals surface area contributed by atoms with Crippen molar-refractivity contribution in [3.05, 3.63) is 115 Å². The highest BCUT2D eigenvalue weighted by molar-refractivity contribution is 9.11. The number of anilines is 10. The van der Waals surface area contributed by atoms with E-state index >= 15 is 0 Å². The van der Waals surface area contributed by atoms with Crippen LogP contribution in [0.5, 0.6) is 0 Å². The fraction of sp³-hybridized carbons (Fsp3) is 0.0857. The maximum absolute atomic E-state index is 12.1. The zero-order chi connectivity index (χ0) is 43.1. The lowest BCUT2D eigenvalue weighted by molar-refractivity contribution is -0.136. The number of alkyl halides is 3. The van der Waals surface area contributed by atoms with E-state index in [0.29, 0.717) is 67.7 Å². The van der Waals surface area contributed by atoms with Crippen LogP contribution in [0.25, 0.3) is 0 Å². The number of carbonyl (C=O) groups excluding carboxylic acids is 2. The van der Waals surface area contributed by atoms with Crippen LogP contribution in [0.2, 0.25) is 10.0 Å². The minimum Gasteiger partial charge on any atom is -0.462 e. The molecule has 0 saturated heterocycles. The van der Waals surface area contributed by atoms with Crippen molar-refractivity contribution in [3.8, 4) is 0 Å². The highest BCUT2D eigenvalue weighted by Gasteiger charge is 2.32. The monoisotopic (exact) mass is 947 g/mol. The van der Waals surface area contributed by atoms with Crippen molar-refractivity contribution in [2.75, 3.05) is 63.9 Å². The summed E-state index contributed by atoms with van der Waals surface area (Å²) in [5.74, 6) is -0.998. The quantitative estimate of drug-likeness (QED) is 0.0622. The average molecular weight is 950 g/mol. The van der Waals surface area contributed by atoms with Crippen molar-refractivity contribution < 1.29 is 27.5 Å². The zero-order valence-corrected chi connectivity index (χ0v) is 34.1. The number of rotatable bonds is 3. The Hall–Kier alpha value is -5.63. The number of ether oxygens (including phenoxy) is 1. The minimum absolute atomic E-state index is 0.0523. The number of hydrogen-bond acceptors (Lipinski definition) is 13. The van der Waals surface area contributed by atoms with Gasteiger partial charge in [0.05, 0.1) is 44.7 Å². The second-order valence-corrected chi connectivity index (χ2v) is 13.4. The van der Waals surface area contributed by atoms with Gasteiger partial charge in [-0.15, -0.1) is 0 Å². The van der Waals surface area contributed by atoms with E-state index in [1.54, 1.807) is 43.3 Å². The summed E-state index contributed by atoms with van der Waals surface area (Å²) in [7, 11) is 0. The van der Waals surface area contributed by atoms with Gasteiger partial charge in [0.15, 0.2) is 0 Å². The van der Waals surface area contributed by atoms with E-state index in [9.17, 15) is 22.8 Å². The number of carbonyl (C=O) groups is 2. The fourth-order valence-corrected chi connectivity index (χ4v) is 4.79. The molecular formula is C35H40Br2Cl2F3N11O3. The van der Waals surface area contributed by atoms with E-state index in [0.717, 1.165) is 21.1 Å². The molecule has 5 aromatic carbocycles. The van der Waals surface area contributed by atoms with E-state index in [2.05, 4.69) is 31.9 Å². The summed E-state index contributed by atoms with van der Waals surface area (Å²) >= 11 is 17.8. The van der Waals surface area contributed by atoms with Crippen LogP contribution in [0.1, 0.15) is 33.2 Å². The van der Waals surface area contributed by atoms with Crippen LogP contribution in [-0.4, -0.2) is 18.5 Å². The number of hydrogen-bond donors (Lipinski definition) is 11. The van der Waals surface area contributed by atoms with Crippen LogP contribution in [-0.2, 0) is 10.9 Å². The van der Waals surface area contributed by atoms with Gasteiger partial charge in [-0.2, -0.15) is 13.2 Å². The molecule has 1 amide bonds. The van der Waals surface area contributed by atoms with Gasteiger partial charge in [0, 0.05) is 54.4 Å². The fourth-order valence-electron chi connectivity index (χ4n) is 3.72. The molecule has 0 aliphatic rings. The van der Waals surface area contributed by atoms with Crippen LogP contribution in [0, 0.1) is 0 Å². The first-order chi connectivity index (χ1) is 25.9. The molecule has 0 aliphatic carbocycles. The Morgan fingerprint density at radius 1 is 0.571 bits per heavy atom. The molecule has 0 fully saturated rings. The zero-order valence-electron chi connectivity index (χ0n) is 29.4. The third-order valence-corrected chi connectivity index (χ3v) is 8.56. The molecule has 302 valence electrons. The minimum atomic E-state index is -4.43. The molecule has 22 N–H and O–H groups in total. The van der Waals surface area contributed by atoms with Crippen LogP contribution < -0.4 is 63.1 Å². The number of benzene rings is 5. The van der Waals surface area contributed by atoms with Gasteiger partial charge < -0.3 is 67.8 Å². The lowest BCUT2D eigenvalue weighted by Crippen LogP contribution is -2.13. The number of esters is 1. The Bertz CT molecular complexity index is 1990. The summed E-state index contributed by atoms with van der Waals surface area (Å²) in [6, 6.07) is 19.2. The second-order valence-electron chi connectivity index (χ2n) is 10.9. The van der Waals surface area contributed by atoms with E-state index in [4.69, 9.17) is 91.0 Å². The maximum atomic E-state index is 12.1. The molecule has 0 heterocycles. The molecule has 5 rings (SSSR count). The largest absolute Gasteiger partial charge is 0.462 e. The number of amides is 1. The SMILES string of the molecule is CCOC(=O)c1cc(N)ccc1N.NC(=O)c1cc(N)ccc1N.Nc1cc(Br)c(N)cc1Br.Nc1cc(Cl)c(N)cc1Cl.Nc1ccc(N)c(C(F)(F)F)c1. The Kier molecular flexibility index (Phi) is 19.1. The van der Waals surface area contributed by atoms with E-state index in [1.165, 1.54) is 30.3 Å². The summed E-state index contributed by atoms with van der Waals surface area (Å²) in [4.78, 5) is 21.9. The summed E-state index contributed by atoms with van der Waals surface area (Å²) < 4.78 is 42.7. The van der Waals surface area contributed by atoms with Gasteiger partial charge in [-0.05, 0) is 118 Å². The lowest BCUT2D eigenvalue weighted by atomic mass is 10.1. The molecule has 14 nitrogen and oxygen atoms in total. The van der Waals surface area contributed by atoms with Gasteiger partial charge in [-0.25, -0.2) is 4.79 Å². The van der Waals surface area contributed by atoms with Gasteiger partial charge in [0.1, 0.15) is 0 Å². The first-order valence-electron chi connectivity index (χ1n) is 15.4. The smallest absolute Gasteiger partial charge is 0.418 e. The third-order valence-electron chi connectivity index (χ3n) is 6.53. The van der Waals surface area contributed by atoms with Crippen molar-refractivity contribution >= 4 is 124 Å². The van der Waals surface area contributed by atoms with Gasteiger partial charge in [0.2, 0.25) is 0 Å². The molecule has 0 atom stereocenters. The summed E-state index contributed by atoms with van der Waals surface area (Å²) in [6.45, 7) is 2.06. The lowest BCUT2D eigenvalue weighted by Gasteiger charge is -2.09. The molecule has 0 saturated carbocycles. The molecule has 21 heteroatoms. The van der Waals surface area contributed by atoms with Crippen molar-refractivity contribution in [2.45, 2.75) is 13.1 Å². The van der Waals surface area contributed by atoms with Gasteiger partial charge in [0.25, 0.3) is 5.91 Å². The highest BCUT2D eigenvalue weighted by Crippen LogP contribution is 2.34. The first-order valence-corrected chi connectivity index (χ1v) is 17.7. The van der Waals surface area contributed by atoms with Crippen LogP contribution in [0.15, 0.2) is 87.8 Å². The first kappa shape index (κ1) is 48.4. The summed E-state index contributed by atoms with van der Waals surface area (Å²) in [6.07, 6.45) is -4.43. The van der Waals surface area contributed by atoms with E-state index in [-0.39, 0.29) is 16.9 Å². The Balaban J connectivity index is 0.000000351. The molecule has 5 aromatic rings. The van der Waals surface area contributed by atoms with Crippen molar-refractivity contribution in [1.29, 1.82) is 0 Å². The molecule has 0 unspecified atom stereocenters. The molecule has 0 aromatic heterocycles. The normalized spacial score (nSPS) is 10.1. The number of primary amides is 1. The molecule has 56 heavy (non-hydrogen) atoms. The molecular weight excluding hydrogens is 910 g/mol.